The molecule has 4 nitrogen and oxygen atoms in total. The Morgan fingerprint density at radius 1 is 1.44 bits per heavy atom. The van der Waals surface area contributed by atoms with Crippen LogP contribution in [0.15, 0.2) is 0 Å². The van der Waals surface area contributed by atoms with Gasteiger partial charge in [-0.25, -0.2) is 0 Å². The quantitative estimate of drug-likeness (QED) is 0.706. The van der Waals surface area contributed by atoms with Gasteiger partial charge in [0.2, 0.25) is 0 Å². The van der Waals surface area contributed by atoms with Crippen LogP contribution in [0.1, 0.15) is 25.7 Å². The Morgan fingerprint density at radius 2 is 2.38 bits per heavy atom. The number of hydrogen-bond acceptors (Lipinski definition) is 4. The summed E-state index contributed by atoms with van der Waals surface area (Å²) in [5.41, 5.74) is 0. The highest BCUT2D eigenvalue weighted by molar-refractivity contribution is 4.82. The van der Waals surface area contributed by atoms with Crippen molar-refractivity contribution in [1.29, 1.82) is 0 Å². The van der Waals surface area contributed by atoms with Gasteiger partial charge in [-0.3, -0.25) is 0 Å². The first-order valence-electron chi connectivity index (χ1n) is 6.56. The number of aliphatic hydroxyl groups is 1. The van der Waals surface area contributed by atoms with Crippen molar-refractivity contribution < 1.29 is 9.84 Å². The molecule has 0 aromatic rings. The Bertz CT molecular complexity index is 195. The Morgan fingerprint density at radius 3 is 3.12 bits per heavy atom. The lowest BCUT2D eigenvalue weighted by Crippen LogP contribution is -2.51. The van der Waals surface area contributed by atoms with E-state index in [4.69, 9.17) is 9.84 Å². The van der Waals surface area contributed by atoms with E-state index in [0.717, 1.165) is 45.6 Å². The van der Waals surface area contributed by atoms with Crippen LogP contribution in [0.2, 0.25) is 0 Å². The molecule has 0 aliphatic carbocycles. The summed E-state index contributed by atoms with van der Waals surface area (Å²) in [7, 11) is 0. The van der Waals surface area contributed by atoms with E-state index in [9.17, 15) is 0 Å². The third-order valence-corrected chi connectivity index (χ3v) is 3.54. The lowest BCUT2D eigenvalue weighted by atomic mass is 10.0. The third-order valence-electron chi connectivity index (χ3n) is 3.54. The maximum Gasteiger partial charge on any atom is 0.0591 e. The summed E-state index contributed by atoms with van der Waals surface area (Å²) in [5.74, 6) is 0. The number of nitrogens with zero attached hydrogens (tertiary/aromatic N) is 1. The molecule has 0 saturated carbocycles. The largest absolute Gasteiger partial charge is 0.396 e. The van der Waals surface area contributed by atoms with Crippen LogP contribution in [0, 0.1) is 0 Å². The van der Waals surface area contributed by atoms with Gasteiger partial charge < -0.3 is 20.1 Å². The average molecular weight is 228 g/mol. The molecule has 2 fully saturated rings. The second-order valence-corrected chi connectivity index (χ2v) is 4.90. The zero-order valence-corrected chi connectivity index (χ0v) is 10.0. The highest BCUT2D eigenvalue weighted by Gasteiger charge is 2.24. The molecule has 0 aromatic carbocycles. The zero-order valence-electron chi connectivity index (χ0n) is 10.0. The number of piperazine rings is 1. The molecule has 2 saturated heterocycles. The lowest BCUT2D eigenvalue weighted by molar-refractivity contribution is 0.0802. The van der Waals surface area contributed by atoms with Gasteiger partial charge in [0.1, 0.15) is 0 Å². The summed E-state index contributed by atoms with van der Waals surface area (Å²) < 4.78 is 5.67. The SMILES string of the molecule is OCCCN1CCNC(CC2CCCO2)C1. The molecule has 0 spiro atoms. The molecule has 16 heavy (non-hydrogen) atoms. The van der Waals surface area contributed by atoms with Crippen LogP contribution in [0.3, 0.4) is 0 Å². The number of hydrogen-bond donors (Lipinski definition) is 2. The smallest absolute Gasteiger partial charge is 0.0591 e. The van der Waals surface area contributed by atoms with Crippen molar-refractivity contribution in [3.05, 3.63) is 0 Å². The molecule has 2 atom stereocenters. The monoisotopic (exact) mass is 228 g/mol. The van der Waals surface area contributed by atoms with Crippen LogP contribution in [-0.2, 0) is 4.74 Å². The summed E-state index contributed by atoms with van der Waals surface area (Å²) in [4.78, 5) is 2.45. The highest BCUT2D eigenvalue weighted by Crippen LogP contribution is 2.18. The van der Waals surface area contributed by atoms with Gasteiger partial charge in [-0.1, -0.05) is 0 Å². The van der Waals surface area contributed by atoms with E-state index in [2.05, 4.69) is 10.2 Å². The molecule has 2 aliphatic heterocycles. The minimum Gasteiger partial charge on any atom is -0.396 e. The fraction of sp³-hybridized carbons (Fsp3) is 1.00. The molecular weight excluding hydrogens is 204 g/mol. The average Bonchev–Trinajstić information content (AvgIpc) is 2.80. The minimum atomic E-state index is 0.306. The molecule has 0 radical (unpaired) electrons. The molecule has 0 bridgehead atoms. The van der Waals surface area contributed by atoms with Crippen molar-refractivity contribution in [2.24, 2.45) is 0 Å². The van der Waals surface area contributed by atoms with Gasteiger partial charge in [-0.15, -0.1) is 0 Å². The highest BCUT2D eigenvalue weighted by atomic mass is 16.5. The Balaban J connectivity index is 1.68. The van der Waals surface area contributed by atoms with E-state index in [1.807, 2.05) is 0 Å². The lowest BCUT2D eigenvalue weighted by Gasteiger charge is -2.34. The van der Waals surface area contributed by atoms with Crippen LogP contribution < -0.4 is 5.32 Å². The van der Waals surface area contributed by atoms with Gasteiger partial charge in [0, 0.05) is 45.4 Å². The van der Waals surface area contributed by atoms with E-state index in [0.29, 0.717) is 18.8 Å². The van der Waals surface area contributed by atoms with Gasteiger partial charge in [-0.05, 0) is 25.7 Å². The van der Waals surface area contributed by atoms with Crippen molar-refractivity contribution in [3.8, 4) is 0 Å². The fourth-order valence-corrected chi connectivity index (χ4v) is 2.70. The van der Waals surface area contributed by atoms with E-state index in [1.54, 1.807) is 0 Å². The second kappa shape index (κ2) is 6.55. The van der Waals surface area contributed by atoms with Crippen molar-refractivity contribution in [1.82, 2.24) is 10.2 Å². The summed E-state index contributed by atoms with van der Waals surface area (Å²) in [6, 6.07) is 0.579. The second-order valence-electron chi connectivity index (χ2n) is 4.90. The van der Waals surface area contributed by atoms with E-state index >= 15 is 0 Å². The van der Waals surface area contributed by atoms with Crippen molar-refractivity contribution >= 4 is 0 Å². The molecule has 2 unspecified atom stereocenters. The number of nitrogens with one attached hydrogen (secondary N) is 1. The summed E-state index contributed by atoms with van der Waals surface area (Å²) in [6.45, 7) is 5.58. The molecule has 2 N–H and O–H groups in total. The topological polar surface area (TPSA) is 44.7 Å². The standard InChI is InChI=1S/C12H24N2O2/c15-7-2-5-14-6-4-13-11(10-14)9-12-3-1-8-16-12/h11-13,15H,1-10H2. The molecule has 0 amide bonds. The van der Waals surface area contributed by atoms with Crippen molar-refractivity contribution in [3.63, 3.8) is 0 Å². The van der Waals surface area contributed by atoms with E-state index in [1.165, 1.54) is 12.8 Å². The van der Waals surface area contributed by atoms with Crippen LogP contribution in [0.5, 0.6) is 0 Å². The van der Waals surface area contributed by atoms with E-state index in [-0.39, 0.29) is 0 Å². The van der Waals surface area contributed by atoms with Gasteiger partial charge in [0.05, 0.1) is 6.10 Å². The Labute approximate surface area is 98.0 Å². The van der Waals surface area contributed by atoms with Crippen LogP contribution in [0.4, 0.5) is 0 Å². The number of rotatable bonds is 5. The van der Waals surface area contributed by atoms with Crippen LogP contribution >= 0.6 is 0 Å². The molecular formula is C12H24N2O2. The summed E-state index contributed by atoms with van der Waals surface area (Å²) in [5, 5.41) is 12.4. The Kier molecular flexibility index (Phi) is 5.03. The van der Waals surface area contributed by atoms with Gasteiger partial charge in [-0.2, -0.15) is 0 Å². The molecule has 0 aromatic heterocycles. The first kappa shape index (κ1) is 12.3. The van der Waals surface area contributed by atoms with E-state index < -0.39 is 0 Å². The molecule has 4 heteroatoms. The van der Waals surface area contributed by atoms with Crippen LogP contribution in [-0.4, -0.2) is 61.5 Å². The summed E-state index contributed by atoms with van der Waals surface area (Å²) >= 11 is 0. The van der Waals surface area contributed by atoms with Crippen molar-refractivity contribution in [2.45, 2.75) is 37.8 Å². The molecule has 2 rings (SSSR count). The predicted octanol–water partition coefficient (Wildman–Crippen LogP) is 0.212. The molecule has 94 valence electrons. The van der Waals surface area contributed by atoms with Gasteiger partial charge >= 0.3 is 0 Å². The molecule has 2 heterocycles. The van der Waals surface area contributed by atoms with Crippen molar-refractivity contribution in [2.75, 3.05) is 39.4 Å². The van der Waals surface area contributed by atoms with Gasteiger partial charge in [0.15, 0.2) is 0 Å². The summed E-state index contributed by atoms with van der Waals surface area (Å²) in [6.07, 6.45) is 4.98. The maximum absolute atomic E-state index is 8.83. The van der Waals surface area contributed by atoms with Gasteiger partial charge in [0.25, 0.3) is 0 Å². The fourth-order valence-electron chi connectivity index (χ4n) is 2.70. The Hall–Kier alpha value is -0.160. The first-order chi connectivity index (χ1) is 7.88. The third kappa shape index (κ3) is 3.70. The maximum atomic E-state index is 8.83. The van der Waals surface area contributed by atoms with Crippen LogP contribution in [0.25, 0.3) is 0 Å². The number of aliphatic hydroxyl groups excluding tert-OH is 1. The number of ether oxygens (including phenoxy) is 1. The predicted molar refractivity (Wildman–Crippen MR) is 63.5 cm³/mol. The minimum absolute atomic E-state index is 0.306. The zero-order chi connectivity index (χ0) is 11.2. The molecule has 2 aliphatic rings. The normalized spacial score (nSPS) is 32.1. The first-order valence-corrected chi connectivity index (χ1v) is 6.56.